The third-order valence-electron chi connectivity index (χ3n) is 3.51. The normalized spacial score (nSPS) is 20.9. The molecule has 106 valence electrons. The van der Waals surface area contributed by atoms with Crippen molar-refractivity contribution in [2.24, 2.45) is 0 Å². The summed E-state index contributed by atoms with van der Waals surface area (Å²) in [6.07, 6.45) is 0.312. The van der Waals surface area contributed by atoms with Gasteiger partial charge in [-0.1, -0.05) is 28.1 Å². The van der Waals surface area contributed by atoms with Gasteiger partial charge in [-0.25, -0.2) is 0 Å². The summed E-state index contributed by atoms with van der Waals surface area (Å²) in [4.78, 5) is 2.48. The van der Waals surface area contributed by atoms with E-state index in [1.165, 1.54) is 5.56 Å². The first-order chi connectivity index (χ1) is 9.15. The third-order valence-corrected chi connectivity index (χ3v) is 4.04. The second kappa shape index (κ2) is 7.39. The molecule has 1 aromatic rings. The molecule has 1 aromatic carbocycles. The van der Waals surface area contributed by atoms with Crippen LogP contribution in [0.3, 0.4) is 0 Å². The van der Waals surface area contributed by atoms with Gasteiger partial charge in [0, 0.05) is 36.7 Å². The van der Waals surface area contributed by atoms with E-state index in [-0.39, 0.29) is 0 Å². The van der Waals surface area contributed by atoms with Crippen molar-refractivity contribution in [2.45, 2.75) is 32.5 Å². The fourth-order valence-corrected chi connectivity index (χ4v) is 2.58. The zero-order chi connectivity index (χ0) is 13.7. The van der Waals surface area contributed by atoms with E-state index < -0.39 is 0 Å². The van der Waals surface area contributed by atoms with Crippen LogP contribution in [-0.4, -0.2) is 43.3 Å². The van der Waals surface area contributed by atoms with Crippen LogP contribution in [0, 0.1) is 0 Å². The lowest BCUT2D eigenvalue weighted by molar-refractivity contribution is -0.0372. The minimum atomic E-state index is 0.312. The Morgan fingerprint density at radius 1 is 1.37 bits per heavy atom. The average Bonchev–Trinajstić information content (AvgIpc) is 2.41. The number of nitrogens with one attached hydrogen (secondary N) is 1. The molecule has 4 heteroatoms. The van der Waals surface area contributed by atoms with E-state index in [0.717, 1.165) is 37.3 Å². The van der Waals surface area contributed by atoms with Crippen LogP contribution in [0.2, 0.25) is 0 Å². The Morgan fingerprint density at radius 2 is 2.11 bits per heavy atom. The molecule has 0 aliphatic carbocycles. The average molecular weight is 327 g/mol. The number of hydrogen-bond acceptors (Lipinski definition) is 3. The highest BCUT2D eigenvalue weighted by molar-refractivity contribution is 9.10. The number of rotatable bonds is 5. The van der Waals surface area contributed by atoms with Gasteiger partial charge in [-0.15, -0.1) is 0 Å². The summed E-state index contributed by atoms with van der Waals surface area (Å²) in [6.45, 7) is 9.25. The summed E-state index contributed by atoms with van der Waals surface area (Å²) >= 11 is 3.45. The van der Waals surface area contributed by atoms with Gasteiger partial charge in [0.25, 0.3) is 0 Å². The molecule has 0 spiro atoms. The summed E-state index contributed by atoms with van der Waals surface area (Å²) in [6, 6.07) is 9.04. The molecule has 1 saturated heterocycles. The van der Waals surface area contributed by atoms with Gasteiger partial charge in [-0.2, -0.15) is 0 Å². The van der Waals surface area contributed by atoms with Crippen LogP contribution in [0.5, 0.6) is 0 Å². The maximum absolute atomic E-state index is 5.80. The highest BCUT2D eigenvalue weighted by Gasteiger charge is 2.21. The molecule has 1 N–H and O–H groups in total. The summed E-state index contributed by atoms with van der Waals surface area (Å²) in [5, 5.41) is 3.48. The van der Waals surface area contributed by atoms with E-state index in [0.29, 0.717) is 12.1 Å². The minimum absolute atomic E-state index is 0.312. The van der Waals surface area contributed by atoms with E-state index in [2.05, 4.69) is 64.3 Å². The molecule has 3 nitrogen and oxygen atoms in total. The van der Waals surface area contributed by atoms with Crippen molar-refractivity contribution < 1.29 is 4.74 Å². The zero-order valence-electron chi connectivity index (χ0n) is 11.7. The molecule has 0 radical (unpaired) electrons. The summed E-state index contributed by atoms with van der Waals surface area (Å²) in [7, 11) is 0. The number of ether oxygens (including phenoxy) is 1. The Balaban J connectivity index is 1.72. The monoisotopic (exact) mass is 326 g/mol. The highest BCUT2D eigenvalue weighted by atomic mass is 79.9. The summed E-state index contributed by atoms with van der Waals surface area (Å²) in [5.74, 6) is 0. The second-order valence-electron chi connectivity index (χ2n) is 5.34. The largest absolute Gasteiger partial charge is 0.374 e. The van der Waals surface area contributed by atoms with Gasteiger partial charge in [0.15, 0.2) is 0 Å². The number of nitrogens with zero attached hydrogens (tertiary/aromatic N) is 1. The molecular weight excluding hydrogens is 304 g/mol. The zero-order valence-corrected chi connectivity index (χ0v) is 13.3. The standard InChI is InChI=1S/C15H23BrN2O/c1-12(2)18-7-8-19-15(11-18)10-17-9-13-3-5-14(16)6-4-13/h3-6,12,15,17H,7-11H2,1-2H3. The number of halogens is 1. The van der Waals surface area contributed by atoms with Crippen molar-refractivity contribution in [2.75, 3.05) is 26.2 Å². The molecule has 2 rings (SSSR count). The summed E-state index contributed by atoms with van der Waals surface area (Å²) in [5.41, 5.74) is 1.31. The Kier molecular flexibility index (Phi) is 5.82. The van der Waals surface area contributed by atoms with Crippen molar-refractivity contribution in [3.05, 3.63) is 34.3 Å². The van der Waals surface area contributed by atoms with Crippen LogP contribution < -0.4 is 5.32 Å². The first-order valence-electron chi connectivity index (χ1n) is 6.96. The lowest BCUT2D eigenvalue weighted by Gasteiger charge is -2.35. The predicted molar refractivity (Wildman–Crippen MR) is 82.3 cm³/mol. The van der Waals surface area contributed by atoms with E-state index in [1.807, 2.05) is 0 Å². The fourth-order valence-electron chi connectivity index (χ4n) is 2.31. The topological polar surface area (TPSA) is 24.5 Å². The highest BCUT2D eigenvalue weighted by Crippen LogP contribution is 2.11. The summed E-state index contributed by atoms with van der Waals surface area (Å²) < 4.78 is 6.93. The maximum atomic E-state index is 5.80. The van der Waals surface area contributed by atoms with Crippen LogP contribution in [0.4, 0.5) is 0 Å². The van der Waals surface area contributed by atoms with E-state index in [9.17, 15) is 0 Å². The van der Waals surface area contributed by atoms with Gasteiger partial charge in [-0.3, -0.25) is 4.90 Å². The lowest BCUT2D eigenvalue weighted by Crippen LogP contribution is -2.48. The van der Waals surface area contributed by atoms with E-state index in [1.54, 1.807) is 0 Å². The molecule has 1 aliphatic heterocycles. The molecule has 1 unspecified atom stereocenters. The van der Waals surface area contributed by atoms with Crippen LogP contribution in [0.25, 0.3) is 0 Å². The van der Waals surface area contributed by atoms with Gasteiger partial charge in [0.05, 0.1) is 12.7 Å². The second-order valence-corrected chi connectivity index (χ2v) is 6.25. The van der Waals surface area contributed by atoms with Gasteiger partial charge in [0.1, 0.15) is 0 Å². The quantitative estimate of drug-likeness (QED) is 0.900. The van der Waals surface area contributed by atoms with Crippen LogP contribution >= 0.6 is 15.9 Å². The lowest BCUT2D eigenvalue weighted by atomic mass is 10.2. The molecule has 0 aromatic heterocycles. The molecule has 0 amide bonds. The first kappa shape index (κ1) is 15.0. The molecule has 0 bridgehead atoms. The van der Waals surface area contributed by atoms with Crippen LogP contribution in [0.15, 0.2) is 28.7 Å². The van der Waals surface area contributed by atoms with Crippen molar-refractivity contribution >= 4 is 15.9 Å². The van der Waals surface area contributed by atoms with E-state index in [4.69, 9.17) is 4.74 Å². The van der Waals surface area contributed by atoms with Gasteiger partial charge >= 0.3 is 0 Å². The SMILES string of the molecule is CC(C)N1CCOC(CNCc2ccc(Br)cc2)C1. The smallest absolute Gasteiger partial charge is 0.0826 e. The minimum Gasteiger partial charge on any atom is -0.374 e. The van der Waals surface area contributed by atoms with Crippen molar-refractivity contribution in [1.82, 2.24) is 10.2 Å². The number of hydrogen-bond donors (Lipinski definition) is 1. The van der Waals surface area contributed by atoms with E-state index >= 15 is 0 Å². The molecular formula is C15H23BrN2O. The van der Waals surface area contributed by atoms with Crippen molar-refractivity contribution in [3.63, 3.8) is 0 Å². The van der Waals surface area contributed by atoms with Gasteiger partial charge < -0.3 is 10.1 Å². The Bertz CT molecular complexity index is 380. The molecule has 1 aliphatic rings. The Labute approximate surface area is 124 Å². The van der Waals surface area contributed by atoms with Crippen LogP contribution in [-0.2, 0) is 11.3 Å². The number of benzene rings is 1. The fraction of sp³-hybridized carbons (Fsp3) is 0.600. The predicted octanol–water partition coefficient (Wildman–Crippen LogP) is 2.65. The van der Waals surface area contributed by atoms with Gasteiger partial charge in [0.2, 0.25) is 0 Å². The van der Waals surface area contributed by atoms with Crippen LogP contribution in [0.1, 0.15) is 19.4 Å². The Hall–Kier alpha value is -0.420. The van der Waals surface area contributed by atoms with Crippen molar-refractivity contribution in [3.8, 4) is 0 Å². The molecule has 1 heterocycles. The maximum Gasteiger partial charge on any atom is 0.0826 e. The molecule has 1 fully saturated rings. The number of morpholine rings is 1. The van der Waals surface area contributed by atoms with Gasteiger partial charge in [-0.05, 0) is 31.5 Å². The molecule has 19 heavy (non-hydrogen) atoms. The van der Waals surface area contributed by atoms with Crippen molar-refractivity contribution in [1.29, 1.82) is 0 Å². The molecule has 0 saturated carbocycles. The third kappa shape index (κ3) is 4.88. The Morgan fingerprint density at radius 3 is 2.79 bits per heavy atom. The molecule has 1 atom stereocenters. The first-order valence-corrected chi connectivity index (χ1v) is 7.75.